The number of nitrogens with zero attached hydrogens (tertiary/aromatic N) is 1. The van der Waals surface area contributed by atoms with Crippen LogP contribution < -0.4 is 0 Å². The highest BCUT2D eigenvalue weighted by Crippen LogP contribution is 2.32. The summed E-state index contributed by atoms with van der Waals surface area (Å²) in [5.41, 5.74) is 0.715. The van der Waals surface area contributed by atoms with Gasteiger partial charge in [0, 0.05) is 21.0 Å². The van der Waals surface area contributed by atoms with Crippen LogP contribution in [-0.2, 0) is 0 Å². The Morgan fingerprint density at radius 1 is 1.35 bits per heavy atom. The van der Waals surface area contributed by atoms with Crippen molar-refractivity contribution in [2.75, 3.05) is 6.54 Å². The first kappa shape index (κ1) is 13.1. The summed E-state index contributed by atoms with van der Waals surface area (Å²) in [6.45, 7) is 5.11. The molecule has 0 N–H and O–H groups in total. The van der Waals surface area contributed by atoms with Crippen LogP contribution in [0, 0.1) is 0 Å². The van der Waals surface area contributed by atoms with E-state index in [1.807, 2.05) is 23.1 Å². The highest BCUT2D eigenvalue weighted by atomic mass is 79.9. The first-order valence-electron chi connectivity index (χ1n) is 5.69. The summed E-state index contributed by atoms with van der Waals surface area (Å²) >= 11 is 6.85. The average Bonchev–Trinajstić information content (AvgIpc) is 2.57. The van der Waals surface area contributed by atoms with Crippen molar-refractivity contribution >= 4 is 37.8 Å². The molecule has 17 heavy (non-hydrogen) atoms. The third-order valence-corrected chi connectivity index (χ3v) is 4.46. The summed E-state index contributed by atoms with van der Waals surface area (Å²) in [5, 5.41) is 0. The fourth-order valence-electron chi connectivity index (χ4n) is 2.29. The van der Waals surface area contributed by atoms with E-state index in [-0.39, 0.29) is 11.4 Å². The Morgan fingerprint density at radius 3 is 2.59 bits per heavy atom. The molecule has 1 aromatic rings. The molecule has 4 heteroatoms. The van der Waals surface area contributed by atoms with Crippen molar-refractivity contribution in [2.24, 2.45) is 0 Å². The molecule has 0 atom stereocenters. The zero-order valence-corrected chi connectivity index (χ0v) is 13.1. The number of amides is 1. The predicted molar refractivity (Wildman–Crippen MR) is 76.2 cm³/mol. The Bertz CT molecular complexity index is 457. The molecule has 0 spiro atoms. The minimum absolute atomic E-state index is 0.0242. The van der Waals surface area contributed by atoms with E-state index in [0.29, 0.717) is 0 Å². The van der Waals surface area contributed by atoms with Crippen molar-refractivity contribution in [3.05, 3.63) is 32.7 Å². The molecule has 0 aromatic heterocycles. The second kappa shape index (κ2) is 4.73. The van der Waals surface area contributed by atoms with Gasteiger partial charge in [0.15, 0.2) is 0 Å². The molecule has 1 saturated heterocycles. The first-order chi connectivity index (χ1) is 7.92. The monoisotopic (exact) mass is 359 g/mol. The number of benzene rings is 1. The minimum Gasteiger partial charge on any atom is -0.333 e. The third-order valence-electron chi connectivity index (χ3n) is 3.31. The van der Waals surface area contributed by atoms with Crippen molar-refractivity contribution in [1.29, 1.82) is 0 Å². The van der Waals surface area contributed by atoms with Gasteiger partial charge >= 0.3 is 0 Å². The first-order valence-corrected chi connectivity index (χ1v) is 7.27. The van der Waals surface area contributed by atoms with Crippen LogP contribution >= 0.6 is 31.9 Å². The lowest BCUT2D eigenvalue weighted by atomic mass is 10.0. The van der Waals surface area contributed by atoms with Crippen molar-refractivity contribution < 1.29 is 4.79 Å². The maximum atomic E-state index is 12.5. The smallest absolute Gasteiger partial charge is 0.255 e. The van der Waals surface area contributed by atoms with E-state index in [4.69, 9.17) is 0 Å². The maximum absolute atomic E-state index is 12.5. The molecule has 0 saturated carbocycles. The van der Waals surface area contributed by atoms with Crippen LogP contribution in [-0.4, -0.2) is 22.9 Å². The quantitative estimate of drug-likeness (QED) is 0.733. The summed E-state index contributed by atoms with van der Waals surface area (Å²) in [7, 11) is 0. The van der Waals surface area contributed by atoms with Gasteiger partial charge in [-0.15, -0.1) is 0 Å². The average molecular weight is 361 g/mol. The van der Waals surface area contributed by atoms with Gasteiger partial charge in [-0.1, -0.05) is 15.9 Å². The van der Waals surface area contributed by atoms with Gasteiger partial charge in [-0.05, 0) is 60.8 Å². The summed E-state index contributed by atoms with van der Waals surface area (Å²) < 4.78 is 1.82. The normalized spacial score (nSPS) is 18.5. The molecule has 0 radical (unpaired) electrons. The van der Waals surface area contributed by atoms with Crippen LogP contribution in [0.25, 0.3) is 0 Å². The van der Waals surface area contributed by atoms with Crippen molar-refractivity contribution in [1.82, 2.24) is 4.90 Å². The molecular formula is C13H15Br2NO. The molecule has 1 heterocycles. The molecule has 2 rings (SSSR count). The van der Waals surface area contributed by atoms with Crippen LogP contribution in [0.15, 0.2) is 27.1 Å². The summed E-state index contributed by atoms with van der Waals surface area (Å²) in [6.07, 6.45) is 2.17. The Labute approximate surface area is 119 Å². The Balaban J connectivity index is 2.31. The van der Waals surface area contributed by atoms with Gasteiger partial charge in [0.25, 0.3) is 5.91 Å². The van der Waals surface area contributed by atoms with Gasteiger partial charge in [-0.3, -0.25) is 4.79 Å². The Kier molecular flexibility index (Phi) is 3.64. The lowest BCUT2D eigenvalue weighted by Gasteiger charge is -2.32. The molecule has 1 fully saturated rings. The molecule has 92 valence electrons. The van der Waals surface area contributed by atoms with E-state index >= 15 is 0 Å². The van der Waals surface area contributed by atoms with Gasteiger partial charge in [0.2, 0.25) is 0 Å². The topological polar surface area (TPSA) is 20.3 Å². The van der Waals surface area contributed by atoms with E-state index in [9.17, 15) is 4.79 Å². The number of rotatable bonds is 1. The number of hydrogen-bond donors (Lipinski definition) is 0. The van der Waals surface area contributed by atoms with Crippen molar-refractivity contribution in [3.63, 3.8) is 0 Å². The van der Waals surface area contributed by atoms with Gasteiger partial charge < -0.3 is 4.90 Å². The van der Waals surface area contributed by atoms with Crippen LogP contribution in [0.4, 0.5) is 0 Å². The molecule has 0 unspecified atom stereocenters. The van der Waals surface area contributed by atoms with E-state index < -0.39 is 0 Å². The Morgan fingerprint density at radius 2 is 2.06 bits per heavy atom. The fraction of sp³-hybridized carbons (Fsp3) is 0.462. The number of halogens is 2. The summed E-state index contributed by atoms with van der Waals surface area (Å²) in [6, 6.07) is 5.68. The summed E-state index contributed by atoms with van der Waals surface area (Å²) in [5.74, 6) is 0.117. The maximum Gasteiger partial charge on any atom is 0.255 e. The molecule has 1 aromatic carbocycles. The second-order valence-corrected chi connectivity index (χ2v) is 6.77. The van der Waals surface area contributed by atoms with Gasteiger partial charge in [-0.2, -0.15) is 0 Å². The summed E-state index contributed by atoms with van der Waals surface area (Å²) in [4.78, 5) is 14.4. The van der Waals surface area contributed by atoms with E-state index in [0.717, 1.165) is 33.9 Å². The standard InChI is InChI=1S/C13H15Br2NO/c1-13(2)6-3-7-16(13)12(17)10-5-4-9(14)8-11(10)15/h4-5,8H,3,6-7H2,1-2H3. The van der Waals surface area contributed by atoms with Gasteiger partial charge in [0.1, 0.15) is 0 Å². The largest absolute Gasteiger partial charge is 0.333 e. The van der Waals surface area contributed by atoms with Gasteiger partial charge in [0.05, 0.1) is 5.56 Å². The fourth-order valence-corrected chi connectivity index (χ4v) is 3.51. The van der Waals surface area contributed by atoms with Gasteiger partial charge in [-0.25, -0.2) is 0 Å². The van der Waals surface area contributed by atoms with Crippen LogP contribution in [0.5, 0.6) is 0 Å². The minimum atomic E-state index is -0.0242. The lowest BCUT2D eigenvalue weighted by Crippen LogP contribution is -2.42. The molecule has 1 amide bonds. The van der Waals surface area contributed by atoms with Crippen LogP contribution in [0.3, 0.4) is 0 Å². The lowest BCUT2D eigenvalue weighted by molar-refractivity contribution is 0.0651. The van der Waals surface area contributed by atoms with Crippen molar-refractivity contribution in [3.8, 4) is 0 Å². The highest BCUT2D eigenvalue weighted by molar-refractivity contribution is 9.11. The molecule has 0 aliphatic carbocycles. The number of carbonyl (C=O) groups excluding carboxylic acids is 1. The van der Waals surface area contributed by atoms with E-state index in [1.165, 1.54) is 0 Å². The highest BCUT2D eigenvalue weighted by Gasteiger charge is 2.36. The second-order valence-electron chi connectivity index (χ2n) is 5.00. The molecule has 2 nitrogen and oxygen atoms in total. The molecule has 1 aliphatic heterocycles. The Hall–Kier alpha value is -0.350. The number of carbonyl (C=O) groups is 1. The molecule has 0 bridgehead atoms. The molecular weight excluding hydrogens is 346 g/mol. The number of hydrogen-bond acceptors (Lipinski definition) is 1. The molecule has 1 aliphatic rings. The van der Waals surface area contributed by atoms with Crippen LogP contribution in [0.2, 0.25) is 0 Å². The zero-order chi connectivity index (χ0) is 12.6. The SMILES string of the molecule is CC1(C)CCCN1C(=O)c1ccc(Br)cc1Br. The van der Waals surface area contributed by atoms with Crippen LogP contribution in [0.1, 0.15) is 37.0 Å². The van der Waals surface area contributed by atoms with Crippen molar-refractivity contribution in [2.45, 2.75) is 32.2 Å². The van der Waals surface area contributed by atoms with E-state index in [1.54, 1.807) is 0 Å². The number of likely N-dealkylation sites (tertiary alicyclic amines) is 1. The van der Waals surface area contributed by atoms with E-state index in [2.05, 4.69) is 45.7 Å². The predicted octanol–water partition coefficient (Wildman–Crippen LogP) is 4.23. The zero-order valence-electron chi connectivity index (χ0n) is 9.96. The third kappa shape index (κ3) is 2.58.